The number of carbonyl (C=O) groups is 2. The number of aromatic nitrogens is 2. The molecule has 2 atom stereocenters. The molecule has 0 radical (unpaired) electrons. The third-order valence-corrected chi connectivity index (χ3v) is 5.78. The van der Waals surface area contributed by atoms with Crippen LogP contribution in [0.5, 0.6) is 0 Å². The number of likely N-dealkylation sites (tertiary alicyclic amines) is 1. The lowest BCUT2D eigenvalue weighted by molar-refractivity contribution is -0.146. The number of pyridine rings is 2. The highest BCUT2D eigenvalue weighted by Crippen LogP contribution is 2.34. The molecule has 1 aliphatic heterocycles. The van der Waals surface area contributed by atoms with Crippen molar-refractivity contribution in [3.63, 3.8) is 0 Å². The summed E-state index contributed by atoms with van der Waals surface area (Å²) in [6.45, 7) is 4.36. The molecule has 0 bridgehead atoms. The van der Waals surface area contributed by atoms with Gasteiger partial charge in [-0.15, -0.1) is 0 Å². The summed E-state index contributed by atoms with van der Waals surface area (Å²) < 4.78 is 0. The fourth-order valence-electron chi connectivity index (χ4n) is 4.07. The molecule has 3 heterocycles. The van der Waals surface area contributed by atoms with Crippen molar-refractivity contribution in [3.05, 3.63) is 64.1 Å². The van der Waals surface area contributed by atoms with Crippen LogP contribution in [0.1, 0.15) is 36.9 Å². The molecule has 0 saturated carbocycles. The molecule has 31 heavy (non-hydrogen) atoms. The number of piperidine rings is 1. The molecule has 8 nitrogen and oxygen atoms in total. The number of nitrogen functional groups attached to an aromatic ring is 1. The van der Waals surface area contributed by atoms with Gasteiger partial charge in [0.25, 0.3) is 0 Å². The summed E-state index contributed by atoms with van der Waals surface area (Å²) in [5, 5.41) is 3.53. The van der Waals surface area contributed by atoms with Crippen molar-refractivity contribution < 1.29 is 9.59 Å². The number of aromatic amines is 1. The normalized spacial score (nSPS) is 18.7. The van der Waals surface area contributed by atoms with Crippen LogP contribution in [0.2, 0.25) is 0 Å². The molecule has 1 fully saturated rings. The minimum atomic E-state index is -0.699. The second-order valence-corrected chi connectivity index (χ2v) is 8.21. The Kier molecular flexibility index (Phi) is 5.46. The molecule has 160 valence electrons. The number of rotatable bonds is 2. The number of nitrogens with one attached hydrogen (secondary N) is 2. The average molecular weight is 419 g/mol. The van der Waals surface area contributed by atoms with E-state index in [1.807, 2.05) is 18.2 Å². The van der Waals surface area contributed by atoms with Gasteiger partial charge in [0, 0.05) is 18.1 Å². The van der Waals surface area contributed by atoms with Crippen LogP contribution in [0.3, 0.4) is 0 Å². The fraction of sp³-hybridized carbons (Fsp3) is 0.304. The van der Waals surface area contributed by atoms with E-state index >= 15 is 0 Å². The highest BCUT2D eigenvalue weighted by Gasteiger charge is 2.34. The monoisotopic (exact) mass is 419 g/mol. The lowest BCUT2D eigenvalue weighted by atomic mass is 9.89. The molecular formula is C23H25N5O3. The molecule has 0 aliphatic carbocycles. The van der Waals surface area contributed by atoms with Gasteiger partial charge in [0.2, 0.25) is 5.56 Å². The number of aryl methyl sites for hydroxylation is 1. The first-order chi connectivity index (χ1) is 14.8. The Labute approximate surface area is 179 Å². The highest BCUT2D eigenvalue weighted by atomic mass is 16.2. The minimum absolute atomic E-state index is 0.160. The van der Waals surface area contributed by atoms with Crippen molar-refractivity contribution >= 4 is 34.2 Å². The quantitative estimate of drug-likeness (QED) is 0.552. The molecule has 3 aromatic rings. The van der Waals surface area contributed by atoms with Gasteiger partial charge in [-0.05, 0) is 66.5 Å². The number of fused-ring (bicyclic) bond motifs is 1. The number of nitrogens with two attached hydrogens (primary N) is 1. The van der Waals surface area contributed by atoms with Crippen molar-refractivity contribution in [2.24, 2.45) is 5.92 Å². The fourth-order valence-corrected chi connectivity index (χ4v) is 4.07. The first-order valence-corrected chi connectivity index (χ1v) is 10.3. The molecule has 4 N–H and O–H groups in total. The summed E-state index contributed by atoms with van der Waals surface area (Å²) >= 11 is 0. The number of hydrogen-bond donors (Lipinski definition) is 3. The summed E-state index contributed by atoms with van der Waals surface area (Å²) in [5.74, 6) is -0.597. The SMILES string of the molecule is Cc1cc(NC(=O)C(=O)N2CC(C)CCC2c2ccc3[nH]c(=O)ccc3c2)cnc1N. The van der Waals surface area contributed by atoms with E-state index in [-0.39, 0.29) is 11.6 Å². The Morgan fingerprint density at radius 2 is 2.00 bits per heavy atom. The van der Waals surface area contributed by atoms with Gasteiger partial charge in [-0.25, -0.2) is 4.98 Å². The van der Waals surface area contributed by atoms with Crippen molar-refractivity contribution in [2.75, 3.05) is 17.6 Å². The Hall–Kier alpha value is -3.68. The second-order valence-electron chi connectivity index (χ2n) is 8.21. The van der Waals surface area contributed by atoms with Gasteiger partial charge in [-0.2, -0.15) is 0 Å². The van der Waals surface area contributed by atoms with E-state index in [0.29, 0.717) is 24.0 Å². The second kappa shape index (κ2) is 8.22. The van der Waals surface area contributed by atoms with E-state index in [1.165, 1.54) is 12.3 Å². The third kappa shape index (κ3) is 4.28. The van der Waals surface area contributed by atoms with E-state index in [1.54, 1.807) is 24.0 Å². The molecule has 4 rings (SSSR count). The molecule has 0 spiro atoms. The summed E-state index contributed by atoms with van der Waals surface area (Å²) in [4.78, 5) is 45.9. The molecular weight excluding hydrogens is 394 g/mol. The van der Waals surface area contributed by atoms with E-state index in [0.717, 1.165) is 34.9 Å². The lowest BCUT2D eigenvalue weighted by Crippen LogP contribution is -2.46. The number of anilines is 2. The number of nitrogens with zero attached hydrogens (tertiary/aromatic N) is 2. The van der Waals surface area contributed by atoms with Crippen molar-refractivity contribution in [1.82, 2.24) is 14.9 Å². The van der Waals surface area contributed by atoms with E-state index in [4.69, 9.17) is 5.73 Å². The first kappa shape index (κ1) is 20.6. The van der Waals surface area contributed by atoms with Crippen LogP contribution in [0.4, 0.5) is 11.5 Å². The smallest absolute Gasteiger partial charge is 0.313 e. The van der Waals surface area contributed by atoms with Crippen LogP contribution in [-0.2, 0) is 9.59 Å². The highest BCUT2D eigenvalue weighted by molar-refractivity contribution is 6.39. The molecule has 2 aromatic heterocycles. The summed E-state index contributed by atoms with van der Waals surface area (Å²) in [5.41, 5.74) is 8.40. The topological polar surface area (TPSA) is 121 Å². The lowest BCUT2D eigenvalue weighted by Gasteiger charge is -2.38. The summed E-state index contributed by atoms with van der Waals surface area (Å²) in [6.07, 6.45) is 3.16. The maximum atomic E-state index is 13.1. The van der Waals surface area contributed by atoms with Gasteiger partial charge in [-0.1, -0.05) is 13.0 Å². The van der Waals surface area contributed by atoms with Gasteiger partial charge in [0.05, 0.1) is 17.9 Å². The zero-order valence-corrected chi connectivity index (χ0v) is 17.5. The summed E-state index contributed by atoms with van der Waals surface area (Å²) in [6, 6.07) is 10.4. The molecule has 8 heteroatoms. The van der Waals surface area contributed by atoms with E-state index in [9.17, 15) is 14.4 Å². The zero-order valence-electron chi connectivity index (χ0n) is 17.5. The van der Waals surface area contributed by atoms with Crippen LogP contribution < -0.4 is 16.6 Å². The van der Waals surface area contributed by atoms with Gasteiger partial charge in [-0.3, -0.25) is 14.4 Å². The number of carbonyl (C=O) groups excluding carboxylic acids is 2. The third-order valence-electron chi connectivity index (χ3n) is 5.78. The number of H-pyrrole nitrogens is 1. The van der Waals surface area contributed by atoms with Gasteiger partial charge < -0.3 is 20.9 Å². The van der Waals surface area contributed by atoms with Crippen LogP contribution in [0, 0.1) is 12.8 Å². The molecule has 2 amide bonds. The van der Waals surface area contributed by atoms with Crippen LogP contribution in [0.25, 0.3) is 10.9 Å². The predicted molar refractivity (Wildman–Crippen MR) is 119 cm³/mol. The molecule has 1 aliphatic rings. The number of benzene rings is 1. The number of amides is 2. The minimum Gasteiger partial charge on any atom is -0.383 e. The Balaban J connectivity index is 1.60. The number of hydrogen-bond acceptors (Lipinski definition) is 5. The molecule has 1 aromatic carbocycles. The standard InChI is InChI=1S/C23H25N5O3/c1-13-3-7-19(16-4-6-18-15(10-16)5-8-20(29)27-18)28(12-13)23(31)22(30)26-17-9-14(2)21(24)25-11-17/h4-6,8-11,13,19H,3,7,12H2,1-2H3,(H2,24,25)(H,26,30)(H,27,29). The molecule has 1 saturated heterocycles. The van der Waals surface area contributed by atoms with Crippen LogP contribution >= 0.6 is 0 Å². The first-order valence-electron chi connectivity index (χ1n) is 10.3. The largest absolute Gasteiger partial charge is 0.383 e. The van der Waals surface area contributed by atoms with Crippen molar-refractivity contribution in [2.45, 2.75) is 32.7 Å². The van der Waals surface area contributed by atoms with Gasteiger partial charge in [0.1, 0.15) is 5.82 Å². The van der Waals surface area contributed by atoms with E-state index in [2.05, 4.69) is 22.2 Å². The van der Waals surface area contributed by atoms with E-state index < -0.39 is 11.8 Å². The van der Waals surface area contributed by atoms with Crippen molar-refractivity contribution in [3.8, 4) is 0 Å². The Bertz CT molecular complexity index is 1220. The molecule has 2 unspecified atom stereocenters. The predicted octanol–water partition coefficient (Wildman–Crippen LogP) is 2.75. The average Bonchev–Trinajstić information content (AvgIpc) is 2.75. The van der Waals surface area contributed by atoms with Crippen LogP contribution in [0.15, 0.2) is 47.4 Å². The zero-order chi connectivity index (χ0) is 22.1. The summed E-state index contributed by atoms with van der Waals surface area (Å²) in [7, 11) is 0. The van der Waals surface area contributed by atoms with Gasteiger partial charge >= 0.3 is 11.8 Å². The van der Waals surface area contributed by atoms with Crippen LogP contribution in [-0.4, -0.2) is 33.2 Å². The van der Waals surface area contributed by atoms with Crippen molar-refractivity contribution in [1.29, 1.82) is 0 Å². The maximum Gasteiger partial charge on any atom is 0.313 e. The Morgan fingerprint density at radius 1 is 1.19 bits per heavy atom. The Morgan fingerprint density at radius 3 is 2.77 bits per heavy atom. The van der Waals surface area contributed by atoms with Gasteiger partial charge in [0.15, 0.2) is 0 Å². The maximum absolute atomic E-state index is 13.1.